The molecule has 0 spiro atoms. The number of nitrogens with one attached hydrogen (secondary N) is 2. The maximum atomic E-state index is 14.3. The van der Waals surface area contributed by atoms with Crippen LogP contribution in [0, 0.1) is 11.6 Å². The van der Waals surface area contributed by atoms with Gasteiger partial charge in [-0.1, -0.05) is 12.2 Å². The van der Waals surface area contributed by atoms with Crippen LogP contribution in [0.4, 0.5) is 20.4 Å². The van der Waals surface area contributed by atoms with Gasteiger partial charge in [-0.05, 0) is 6.92 Å². The first kappa shape index (κ1) is 15.4. The molecule has 0 saturated carbocycles. The number of halogens is 2. The molecule has 0 bridgehead atoms. The van der Waals surface area contributed by atoms with Gasteiger partial charge in [0.25, 0.3) is 0 Å². The van der Waals surface area contributed by atoms with Gasteiger partial charge in [0.15, 0.2) is 23.3 Å². The standard InChI is InChI=1S/C15H18F2N6/c1-2-23(7-5-18)15-11(17)8-10(16)13(20-15)12-9-4-3-6-19-14(9)22-21-12/h3-4,8H,2,5-7,18H2,1H3,(H2,19,21,22). The molecule has 122 valence electrons. The molecule has 1 aliphatic heterocycles. The van der Waals surface area contributed by atoms with Crippen molar-refractivity contribution in [2.24, 2.45) is 5.73 Å². The molecule has 3 rings (SSSR count). The Labute approximate surface area is 132 Å². The summed E-state index contributed by atoms with van der Waals surface area (Å²) in [6.07, 6.45) is 3.74. The van der Waals surface area contributed by atoms with Crippen LogP contribution in [0.15, 0.2) is 12.1 Å². The fourth-order valence-electron chi connectivity index (χ4n) is 2.58. The minimum absolute atomic E-state index is 0.0407. The molecule has 0 aliphatic carbocycles. The van der Waals surface area contributed by atoms with E-state index in [2.05, 4.69) is 20.5 Å². The van der Waals surface area contributed by atoms with Gasteiger partial charge in [0.1, 0.15) is 5.69 Å². The van der Waals surface area contributed by atoms with Crippen molar-refractivity contribution >= 4 is 17.7 Å². The SMILES string of the molecule is CCN(CCN)c1nc(-c2[nH]nc3c2C=CCN3)c(F)cc1F. The van der Waals surface area contributed by atoms with Crippen molar-refractivity contribution < 1.29 is 8.78 Å². The van der Waals surface area contributed by atoms with Crippen LogP contribution in [-0.2, 0) is 0 Å². The zero-order chi connectivity index (χ0) is 16.4. The summed E-state index contributed by atoms with van der Waals surface area (Å²) in [5.41, 5.74) is 6.72. The summed E-state index contributed by atoms with van der Waals surface area (Å²) in [5, 5.41) is 9.96. The molecule has 0 radical (unpaired) electrons. The summed E-state index contributed by atoms with van der Waals surface area (Å²) in [5.74, 6) is -0.724. The van der Waals surface area contributed by atoms with Crippen LogP contribution in [-0.4, -0.2) is 41.4 Å². The molecule has 4 N–H and O–H groups in total. The number of rotatable bonds is 5. The molecular weight excluding hydrogens is 302 g/mol. The number of hydrogen-bond donors (Lipinski definition) is 3. The summed E-state index contributed by atoms with van der Waals surface area (Å²) in [6.45, 7) is 3.84. The quantitative estimate of drug-likeness (QED) is 0.784. The van der Waals surface area contributed by atoms with Crippen molar-refractivity contribution in [3.63, 3.8) is 0 Å². The first-order valence-electron chi connectivity index (χ1n) is 7.45. The monoisotopic (exact) mass is 320 g/mol. The minimum atomic E-state index is -0.736. The number of anilines is 2. The van der Waals surface area contributed by atoms with E-state index in [1.54, 1.807) is 4.90 Å². The van der Waals surface area contributed by atoms with E-state index in [9.17, 15) is 8.78 Å². The van der Waals surface area contributed by atoms with Crippen molar-refractivity contribution in [2.45, 2.75) is 6.92 Å². The fourth-order valence-corrected chi connectivity index (χ4v) is 2.58. The molecule has 0 atom stereocenters. The molecular formula is C15H18F2N6. The Hall–Kier alpha value is -2.48. The van der Waals surface area contributed by atoms with Crippen LogP contribution in [0.5, 0.6) is 0 Å². The zero-order valence-electron chi connectivity index (χ0n) is 12.7. The number of H-pyrrole nitrogens is 1. The predicted octanol–water partition coefficient (Wildman–Crippen LogP) is 1.97. The van der Waals surface area contributed by atoms with E-state index in [1.165, 1.54) is 0 Å². The van der Waals surface area contributed by atoms with Gasteiger partial charge < -0.3 is 16.0 Å². The van der Waals surface area contributed by atoms with Crippen molar-refractivity contribution in [2.75, 3.05) is 36.4 Å². The van der Waals surface area contributed by atoms with Crippen LogP contribution < -0.4 is 16.0 Å². The fraction of sp³-hybridized carbons (Fsp3) is 0.333. The highest BCUT2D eigenvalue weighted by molar-refractivity contribution is 5.80. The highest BCUT2D eigenvalue weighted by atomic mass is 19.1. The highest BCUT2D eigenvalue weighted by Crippen LogP contribution is 2.32. The number of aromatic amines is 1. The van der Waals surface area contributed by atoms with Crippen LogP contribution in [0.2, 0.25) is 0 Å². The number of nitrogens with two attached hydrogens (primary N) is 1. The van der Waals surface area contributed by atoms with E-state index in [4.69, 9.17) is 5.73 Å². The van der Waals surface area contributed by atoms with Gasteiger partial charge in [-0.25, -0.2) is 13.8 Å². The van der Waals surface area contributed by atoms with Crippen molar-refractivity contribution in [3.8, 4) is 11.4 Å². The molecule has 0 fully saturated rings. The average molecular weight is 320 g/mol. The molecule has 0 amide bonds. The number of hydrogen-bond acceptors (Lipinski definition) is 5. The molecule has 6 nitrogen and oxygen atoms in total. The largest absolute Gasteiger partial charge is 0.365 e. The topological polar surface area (TPSA) is 82.9 Å². The molecule has 0 unspecified atom stereocenters. The summed E-state index contributed by atoms with van der Waals surface area (Å²) in [6, 6.07) is 0.851. The van der Waals surface area contributed by atoms with Crippen LogP contribution >= 0.6 is 0 Å². The third-order valence-electron chi connectivity index (χ3n) is 3.70. The van der Waals surface area contributed by atoms with E-state index in [-0.39, 0.29) is 11.5 Å². The number of pyridine rings is 1. The van der Waals surface area contributed by atoms with E-state index in [1.807, 2.05) is 19.1 Å². The second kappa shape index (κ2) is 6.33. The van der Waals surface area contributed by atoms with Crippen LogP contribution in [0.25, 0.3) is 17.5 Å². The average Bonchev–Trinajstić information content (AvgIpc) is 2.97. The Morgan fingerprint density at radius 2 is 2.17 bits per heavy atom. The third kappa shape index (κ3) is 2.77. The van der Waals surface area contributed by atoms with E-state index < -0.39 is 11.6 Å². The highest BCUT2D eigenvalue weighted by Gasteiger charge is 2.22. The minimum Gasteiger partial charge on any atom is -0.365 e. The van der Waals surface area contributed by atoms with Gasteiger partial charge in [0.2, 0.25) is 0 Å². The lowest BCUT2D eigenvalue weighted by atomic mass is 10.1. The third-order valence-corrected chi connectivity index (χ3v) is 3.70. The zero-order valence-corrected chi connectivity index (χ0v) is 12.7. The Morgan fingerprint density at radius 1 is 1.35 bits per heavy atom. The predicted molar refractivity (Wildman–Crippen MR) is 86.2 cm³/mol. The maximum Gasteiger partial charge on any atom is 0.168 e. The number of fused-ring (bicyclic) bond motifs is 1. The Morgan fingerprint density at radius 3 is 2.91 bits per heavy atom. The van der Waals surface area contributed by atoms with E-state index in [0.717, 1.165) is 6.07 Å². The molecule has 2 aromatic rings. The molecule has 1 aliphatic rings. The first-order valence-corrected chi connectivity index (χ1v) is 7.45. The molecule has 0 saturated heterocycles. The Bertz CT molecular complexity index is 740. The van der Waals surface area contributed by atoms with Gasteiger partial charge in [-0.2, -0.15) is 5.10 Å². The molecule has 23 heavy (non-hydrogen) atoms. The summed E-state index contributed by atoms with van der Waals surface area (Å²) in [7, 11) is 0. The smallest absolute Gasteiger partial charge is 0.168 e. The lowest BCUT2D eigenvalue weighted by molar-refractivity contribution is 0.570. The number of aromatic nitrogens is 3. The van der Waals surface area contributed by atoms with Crippen LogP contribution in [0.3, 0.4) is 0 Å². The second-order valence-electron chi connectivity index (χ2n) is 5.14. The van der Waals surface area contributed by atoms with E-state index in [0.29, 0.717) is 43.3 Å². The van der Waals surface area contributed by atoms with Gasteiger partial charge in [-0.15, -0.1) is 0 Å². The lowest BCUT2D eigenvalue weighted by Gasteiger charge is -2.22. The molecule has 3 heterocycles. The normalized spacial score (nSPS) is 12.9. The van der Waals surface area contributed by atoms with Crippen molar-refractivity contribution in [3.05, 3.63) is 29.3 Å². The molecule has 8 heteroatoms. The van der Waals surface area contributed by atoms with Gasteiger partial charge in [0.05, 0.1) is 5.69 Å². The maximum absolute atomic E-state index is 14.3. The number of likely N-dealkylation sites (N-methyl/N-ethyl adjacent to an activating group) is 1. The Kier molecular flexibility index (Phi) is 4.24. The first-order chi connectivity index (χ1) is 11.2. The van der Waals surface area contributed by atoms with Gasteiger partial charge >= 0.3 is 0 Å². The van der Waals surface area contributed by atoms with Gasteiger partial charge in [-0.3, -0.25) is 5.10 Å². The lowest BCUT2D eigenvalue weighted by Crippen LogP contribution is -2.30. The summed E-state index contributed by atoms with van der Waals surface area (Å²) >= 11 is 0. The van der Waals surface area contributed by atoms with Crippen LogP contribution in [0.1, 0.15) is 12.5 Å². The second-order valence-corrected chi connectivity index (χ2v) is 5.14. The van der Waals surface area contributed by atoms with E-state index >= 15 is 0 Å². The van der Waals surface area contributed by atoms with Crippen molar-refractivity contribution in [1.29, 1.82) is 0 Å². The van der Waals surface area contributed by atoms with Gasteiger partial charge in [0, 0.05) is 37.8 Å². The molecule has 2 aromatic heterocycles. The summed E-state index contributed by atoms with van der Waals surface area (Å²) in [4.78, 5) is 5.88. The number of nitrogens with zero attached hydrogens (tertiary/aromatic N) is 3. The van der Waals surface area contributed by atoms with Crippen molar-refractivity contribution in [1.82, 2.24) is 15.2 Å². The molecule has 0 aromatic carbocycles. The Balaban J connectivity index is 2.10. The summed E-state index contributed by atoms with van der Waals surface area (Å²) < 4.78 is 28.4.